The van der Waals surface area contributed by atoms with Crippen LogP contribution < -0.4 is 9.08 Å². The van der Waals surface area contributed by atoms with Gasteiger partial charge in [-0.3, -0.25) is 0 Å². The van der Waals surface area contributed by atoms with Gasteiger partial charge in [0.2, 0.25) is 5.88 Å². The zero-order valence-corrected chi connectivity index (χ0v) is 19.0. The average molecular weight is 563 g/mol. The molecule has 10 nitrogen and oxygen atoms in total. The molecule has 0 saturated carbocycles. The summed E-state index contributed by atoms with van der Waals surface area (Å²) in [5, 5.41) is 0. The van der Waals surface area contributed by atoms with Crippen LogP contribution in [0.15, 0.2) is 30.7 Å². The zero-order chi connectivity index (χ0) is 26.7. The first-order valence-corrected chi connectivity index (χ1v) is 12.5. The lowest BCUT2D eigenvalue weighted by Gasteiger charge is -2.27. The number of nitrogens with zero attached hydrogens (tertiary/aromatic N) is 5. The normalized spacial score (nSPS) is 17.6. The van der Waals surface area contributed by atoms with Gasteiger partial charge in [0.25, 0.3) is 0 Å². The summed E-state index contributed by atoms with van der Waals surface area (Å²) < 4.78 is 142. The molecule has 4 heterocycles. The van der Waals surface area contributed by atoms with E-state index in [9.17, 15) is 47.6 Å². The predicted molar refractivity (Wildman–Crippen MR) is 107 cm³/mol. The minimum atomic E-state index is -6.16. The molecule has 0 amide bonds. The summed E-state index contributed by atoms with van der Waals surface area (Å²) in [6.45, 7) is 0.0886. The van der Waals surface area contributed by atoms with E-state index < -0.39 is 60.1 Å². The first-order chi connectivity index (χ1) is 16.5. The molecule has 0 radical (unpaired) electrons. The molecule has 1 aliphatic rings. The molecule has 0 aromatic carbocycles. The van der Waals surface area contributed by atoms with Gasteiger partial charge < -0.3 is 9.08 Å². The summed E-state index contributed by atoms with van der Waals surface area (Å²) in [6.07, 6.45) is 1.27. The molecule has 0 bridgehead atoms. The predicted octanol–water partition coefficient (Wildman–Crippen LogP) is 3.23. The Labute approximate surface area is 197 Å². The fourth-order valence-electron chi connectivity index (χ4n) is 3.58. The van der Waals surface area contributed by atoms with E-state index in [1.54, 1.807) is 0 Å². The second-order valence-corrected chi connectivity index (χ2v) is 10.7. The minimum absolute atomic E-state index is 0.0886. The van der Waals surface area contributed by atoms with Crippen molar-refractivity contribution in [3.63, 3.8) is 0 Å². The first-order valence-electron chi connectivity index (χ1n) is 9.62. The number of rotatable bonds is 5. The number of hydrogen-bond donors (Lipinski definition) is 0. The number of anilines is 1. The van der Waals surface area contributed by atoms with E-state index in [4.69, 9.17) is 0 Å². The van der Waals surface area contributed by atoms with E-state index >= 15 is 0 Å². The maximum absolute atomic E-state index is 14.0. The lowest BCUT2D eigenvalue weighted by Crippen LogP contribution is -2.30. The number of aromatic nitrogens is 4. The number of fused-ring (bicyclic) bond motifs is 1. The van der Waals surface area contributed by atoms with Gasteiger partial charge in [0.05, 0.1) is 12.2 Å². The minimum Gasteiger partial charge on any atom is -0.355 e. The fraction of sp³-hybridized carbons (Fsp3) is 0.353. The molecule has 19 heteroatoms. The van der Waals surface area contributed by atoms with Crippen molar-refractivity contribution in [3.05, 3.63) is 42.1 Å². The number of pyridine rings is 2. The lowest BCUT2D eigenvalue weighted by atomic mass is 10.1. The molecule has 3 aromatic rings. The smallest absolute Gasteiger partial charge is 0.355 e. The van der Waals surface area contributed by atoms with Crippen LogP contribution in [0.2, 0.25) is 0 Å². The van der Waals surface area contributed by atoms with Gasteiger partial charge >= 0.3 is 31.2 Å². The molecular formula is C17H12F7N5O5S2. The van der Waals surface area contributed by atoms with E-state index in [2.05, 4.69) is 19.1 Å². The summed E-state index contributed by atoms with van der Waals surface area (Å²) in [5.41, 5.74) is -12.8. The molecule has 1 fully saturated rings. The topological polar surface area (TPSA) is 124 Å². The molecule has 0 spiro atoms. The van der Waals surface area contributed by atoms with Crippen LogP contribution in [0.3, 0.4) is 0 Å². The average Bonchev–Trinajstić information content (AvgIpc) is 3.40. The van der Waals surface area contributed by atoms with Gasteiger partial charge in [-0.15, -0.1) is 0 Å². The van der Waals surface area contributed by atoms with Crippen LogP contribution in [0.5, 0.6) is 5.88 Å². The van der Waals surface area contributed by atoms with Crippen LogP contribution in [0.1, 0.15) is 24.4 Å². The number of hydrogen-bond acceptors (Lipinski definition) is 9. The van der Waals surface area contributed by atoms with Crippen molar-refractivity contribution in [2.45, 2.75) is 29.9 Å². The second kappa shape index (κ2) is 8.43. The third-order valence-corrected chi connectivity index (χ3v) is 7.44. The van der Waals surface area contributed by atoms with Gasteiger partial charge in [0.1, 0.15) is 23.5 Å². The van der Waals surface area contributed by atoms with Crippen molar-refractivity contribution >= 4 is 37.1 Å². The van der Waals surface area contributed by atoms with Gasteiger partial charge in [-0.05, 0) is 31.0 Å². The second-order valence-electron chi connectivity index (χ2n) is 7.39. The Morgan fingerprint density at radius 2 is 1.69 bits per heavy atom. The molecule has 1 saturated heterocycles. The van der Waals surface area contributed by atoms with Crippen molar-refractivity contribution in [2.75, 3.05) is 11.4 Å². The van der Waals surface area contributed by atoms with Crippen molar-refractivity contribution in [3.8, 4) is 5.88 Å². The van der Waals surface area contributed by atoms with Crippen LogP contribution in [-0.2, 0) is 20.1 Å². The van der Waals surface area contributed by atoms with Crippen molar-refractivity contribution in [1.82, 2.24) is 18.9 Å². The maximum Gasteiger partial charge on any atom is 0.534 e. The Morgan fingerprint density at radius 1 is 1.00 bits per heavy atom. The molecule has 36 heavy (non-hydrogen) atoms. The van der Waals surface area contributed by atoms with Gasteiger partial charge in [-0.2, -0.15) is 43.2 Å². The highest BCUT2D eigenvalue weighted by atomic mass is 32.2. The summed E-state index contributed by atoms with van der Waals surface area (Å²) in [7, 11) is -12.1. The zero-order valence-electron chi connectivity index (χ0n) is 17.3. The highest BCUT2D eigenvalue weighted by molar-refractivity contribution is 7.90. The third-order valence-electron chi connectivity index (χ3n) is 5.13. The summed E-state index contributed by atoms with van der Waals surface area (Å²) >= 11 is 0. The Balaban J connectivity index is 1.79. The summed E-state index contributed by atoms with van der Waals surface area (Å²) in [5.74, 6) is -2.24. The Morgan fingerprint density at radius 3 is 2.33 bits per heavy atom. The molecule has 3 aromatic heterocycles. The molecule has 0 N–H and O–H groups in total. The van der Waals surface area contributed by atoms with Crippen molar-refractivity contribution < 1.29 is 51.8 Å². The van der Waals surface area contributed by atoms with E-state index in [1.165, 1.54) is 11.0 Å². The fourth-order valence-corrected chi connectivity index (χ4v) is 4.77. The summed E-state index contributed by atoms with van der Waals surface area (Å²) in [6, 6.07) is 2.03. The molecule has 1 aliphatic heterocycles. The van der Waals surface area contributed by atoms with E-state index in [0.717, 1.165) is 6.07 Å². The molecular weight excluding hydrogens is 551 g/mol. The lowest BCUT2D eigenvalue weighted by molar-refractivity contribution is -0.0502. The van der Waals surface area contributed by atoms with E-state index in [0.29, 0.717) is 25.0 Å². The van der Waals surface area contributed by atoms with Gasteiger partial charge in [-0.1, -0.05) is 0 Å². The quantitative estimate of drug-likeness (QED) is 0.261. The Bertz CT molecular complexity index is 1540. The van der Waals surface area contributed by atoms with E-state index in [1.807, 2.05) is 0 Å². The van der Waals surface area contributed by atoms with Crippen molar-refractivity contribution in [2.24, 2.45) is 0 Å². The Kier molecular flexibility index (Phi) is 6.05. The Hall–Kier alpha value is -3.22. The highest BCUT2D eigenvalue weighted by Gasteiger charge is 2.50. The number of alkyl halides is 6. The molecule has 1 atom stereocenters. The van der Waals surface area contributed by atoms with Crippen LogP contribution in [0.25, 0.3) is 11.2 Å². The van der Waals surface area contributed by atoms with Crippen LogP contribution in [-0.4, -0.2) is 53.3 Å². The van der Waals surface area contributed by atoms with Gasteiger partial charge in [-0.25, -0.2) is 23.3 Å². The monoisotopic (exact) mass is 563 g/mol. The first kappa shape index (κ1) is 25.9. The molecule has 196 valence electrons. The third kappa shape index (κ3) is 4.40. The van der Waals surface area contributed by atoms with Crippen LogP contribution in [0.4, 0.5) is 36.6 Å². The molecule has 4 rings (SSSR count). The standard InChI is InChI=1S/C17H12F7N5O5S2/c18-9-6-10(15(25-7-9)34-36(32,33)17(22,23)24)12-2-1-5-28(12)13-4-3-11-14(27-13)29(8-26-11)35(30,31)16(19,20)21/h3-4,6-8,12H,1-2,5H2. The SMILES string of the molecule is O=S(=O)(Oc1ncc(F)cc1C1CCCN1c1ccc2ncn(S(=O)(=O)C(F)(F)F)c2n1)C(F)(F)F. The van der Waals surface area contributed by atoms with Crippen LogP contribution >= 0.6 is 0 Å². The van der Waals surface area contributed by atoms with Crippen LogP contribution in [0, 0.1) is 5.82 Å². The summed E-state index contributed by atoms with van der Waals surface area (Å²) in [4.78, 5) is 12.1. The highest BCUT2D eigenvalue weighted by Crippen LogP contribution is 2.40. The van der Waals surface area contributed by atoms with Gasteiger partial charge in [0.15, 0.2) is 5.65 Å². The molecule has 0 aliphatic carbocycles. The maximum atomic E-state index is 14.0. The van der Waals surface area contributed by atoms with Gasteiger partial charge in [0, 0.05) is 12.1 Å². The largest absolute Gasteiger partial charge is 0.534 e. The molecule has 1 unspecified atom stereocenters. The van der Waals surface area contributed by atoms with Crippen molar-refractivity contribution in [1.29, 1.82) is 0 Å². The number of halogens is 7. The number of imidazole rings is 1. The van der Waals surface area contributed by atoms with E-state index in [-0.39, 0.29) is 28.3 Å².